The molecule has 1 fully saturated rings. The number of ether oxygens (including phenoxy) is 2. The lowest BCUT2D eigenvalue weighted by atomic mass is 10.2. The molecule has 1 aliphatic rings. The van der Waals surface area contributed by atoms with E-state index in [0.717, 1.165) is 3.39 Å². The van der Waals surface area contributed by atoms with E-state index >= 15 is 0 Å². The normalized spacial score (nSPS) is 22.9. The zero-order valence-corrected chi connectivity index (χ0v) is 11.8. The lowest BCUT2D eigenvalue weighted by molar-refractivity contribution is 0.104. The van der Waals surface area contributed by atoms with Gasteiger partial charge in [-0.05, 0) is 43.5 Å². The average Bonchev–Trinajstić information content (AvgIpc) is 2.97. The van der Waals surface area contributed by atoms with Crippen molar-refractivity contribution in [1.82, 2.24) is 0 Å². The van der Waals surface area contributed by atoms with Crippen LogP contribution in [0.5, 0.6) is 0 Å². The zero-order chi connectivity index (χ0) is 11.4. The third kappa shape index (κ3) is 4.01. The molecule has 0 aliphatic carbocycles. The van der Waals surface area contributed by atoms with E-state index in [1.807, 2.05) is 24.3 Å². The van der Waals surface area contributed by atoms with Crippen molar-refractivity contribution in [2.24, 2.45) is 0 Å². The van der Waals surface area contributed by atoms with E-state index < -0.39 is 0 Å². The summed E-state index contributed by atoms with van der Waals surface area (Å²) in [4.78, 5) is 0. The van der Waals surface area contributed by atoms with Crippen molar-refractivity contribution < 1.29 is 9.47 Å². The molecular formula is C12H12Br2O2. The van der Waals surface area contributed by atoms with Crippen LogP contribution in [0.25, 0.3) is 0 Å². The molecule has 0 unspecified atom stereocenters. The van der Waals surface area contributed by atoms with Crippen LogP contribution < -0.4 is 0 Å². The van der Waals surface area contributed by atoms with Crippen molar-refractivity contribution in [2.75, 3.05) is 6.61 Å². The summed E-state index contributed by atoms with van der Waals surface area (Å²) in [7, 11) is 0. The Morgan fingerprint density at radius 2 is 2.06 bits per heavy atom. The minimum atomic E-state index is 0.185. The molecule has 0 bridgehead atoms. The minimum Gasteiger partial charge on any atom is -0.374 e. The number of rotatable bonds is 5. The van der Waals surface area contributed by atoms with Crippen LogP contribution in [-0.2, 0) is 16.1 Å². The average molecular weight is 348 g/mol. The summed E-state index contributed by atoms with van der Waals surface area (Å²) in [5, 5.41) is 0. The summed E-state index contributed by atoms with van der Waals surface area (Å²) in [6.45, 7) is 1.29. The Morgan fingerprint density at radius 1 is 1.31 bits per heavy atom. The van der Waals surface area contributed by atoms with Gasteiger partial charge in [-0.15, -0.1) is 0 Å². The van der Waals surface area contributed by atoms with Gasteiger partial charge < -0.3 is 9.47 Å². The molecule has 2 atom stereocenters. The lowest BCUT2D eigenvalue weighted by Crippen LogP contribution is -2.03. The van der Waals surface area contributed by atoms with Gasteiger partial charge in [0.15, 0.2) is 0 Å². The van der Waals surface area contributed by atoms with Gasteiger partial charge in [-0.25, -0.2) is 0 Å². The van der Waals surface area contributed by atoms with E-state index in [1.165, 1.54) is 5.56 Å². The van der Waals surface area contributed by atoms with Gasteiger partial charge in [0.05, 0.1) is 16.6 Å². The molecule has 1 heterocycles. The smallest absolute Gasteiger partial charge is 0.112 e. The third-order valence-corrected chi connectivity index (χ3v) is 2.83. The molecule has 0 amide bonds. The number of halogens is 2. The largest absolute Gasteiger partial charge is 0.374 e. The van der Waals surface area contributed by atoms with Crippen LogP contribution >= 0.6 is 31.9 Å². The first-order chi connectivity index (χ1) is 7.75. The van der Waals surface area contributed by atoms with Crippen molar-refractivity contribution in [2.45, 2.75) is 18.8 Å². The fourth-order valence-electron chi connectivity index (χ4n) is 1.43. The second kappa shape index (κ2) is 5.96. The number of hydrogen-bond acceptors (Lipinski definition) is 2. The maximum absolute atomic E-state index is 5.57. The molecule has 0 saturated carbocycles. The van der Waals surface area contributed by atoms with Crippen molar-refractivity contribution in [3.05, 3.63) is 45.4 Å². The summed E-state index contributed by atoms with van der Waals surface area (Å²) in [5.74, 6) is 0. The van der Waals surface area contributed by atoms with Gasteiger partial charge >= 0.3 is 0 Å². The summed E-state index contributed by atoms with van der Waals surface area (Å²) in [5.41, 5.74) is 1.19. The topological polar surface area (TPSA) is 21.8 Å². The highest BCUT2D eigenvalue weighted by Gasteiger charge is 2.37. The molecular weight excluding hydrogens is 336 g/mol. The second-order valence-electron chi connectivity index (χ2n) is 3.60. The quantitative estimate of drug-likeness (QED) is 0.759. The lowest BCUT2D eigenvalue weighted by Gasteiger charge is -2.01. The highest BCUT2D eigenvalue weighted by atomic mass is 79.9. The first kappa shape index (κ1) is 12.3. The van der Waals surface area contributed by atoms with E-state index in [1.54, 1.807) is 0 Å². The van der Waals surface area contributed by atoms with E-state index in [2.05, 4.69) is 44.0 Å². The monoisotopic (exact) mass is 346 g/mol. The molecule has 2 nitrogen and oxygen atoms in total. The van der Waals surface area contributed by atoms with Gasteiger partial charge in [0.25, 0.3) is 0 Å². The summed E-state index contributed by atoms with van der Waals surface area (Å²) >= 11 is 6.61. The fourth-order valence-corrected chi connectivity index (χ4v) is 1.95. The van der Waals surface area contributed by atoms with Crippen LogP contribution in [0.4, 0.5) is 0 Å². The molecule has 1 aromatic rings. The predicted molar refractivity (Wildman–Crippen MR) is 70.7 cm³/mol. The van der Waals surface area contributed by atoms with E-state index in [9.17, 15) is 0 Å². The first-order valence-electron chi connectivity index (χ1n) is 5.05. The molecule has 1 aromatic carbocycles. The Balaban J connectivity index is 1.66. The first-order valence-corrected chi connectivity index (χ1v) is 6.64. The molecule has 1 aliphatic heterocycles. The minimum absolute atomic E-state index is 0.185. The molecule has 0 radical (unpaired) electrons. The summed E-state index contributed by atoms with van der Waals surface area (Å²) in [6.07, 6.45) is 2.37. The van der Waals surface area contributed by atoms with Gasteiger partial charge in [0.2, 0.25) is 0 Å². The van der Waals surface area contributed by atoms with Crippen molar-refractivity contribution in [3.63, 3.8) is 0 Å². The molecule has 1 saturated heterocycles. The highest BCUT2D eigenvalue weighted by molar-refractivity contribution is 9.28. The summed E-state index contributed by atoms with van der Waals surface area (Å²) < 4.78 is 11.9. The maximum atomic E-state index is 5.57. The number of epoxide rings is 1. The standard InChI is InChI=1S/C12H12Br2O2/c13-12(14)6-10-11(16-10)8-15-7-9-4-2-1-3-5-9/h1-6,10-11H,7-8H2/t10-,11-/m1/s1. The van der Waals surface area contributed by atoms with Crippen LogP contribution in [0.15, 0.2) is 39.8 Å². The zero-order valence-electron chi connectivity index (χ0n) is 8.61. The van der Waals surface area contributed by atoms with Gasteiger partial charge in [0.1, 0.15) is 12.2 Å². The van der Waals surface area contributed by atoms with Crippen LogP contribution in [0.1, 0.15) is 5.56 Å². The van der Waals surface area contributed by atoms with E-state index in [4.69, 9.17) is 9.47 Å². The number of benzene rings is 1. The van der Waals surface area contributed by atoms with Crippen LogP contribution in [0.3, 0.4) is 0 Å². The van der Waals surface area contributed by atoms with Gasteiger partial charge in [-0.1, -0.05) is 30.3 Å². The van der Waals surface area contributed by atoms with Crippen LogP contribution in [0, 0.1) is 0 Å². The third-order valence-electron chi connectivity index (χ3n) is 2.31. The van der Waals surface area contributed by atoms with Gasteiger partial charge in [0, 0.05) is 0 Å². The molecule has 0 spiro atoms. The molecule has 0 aromatic heterocycles. The van der Waals surface area contributed by atoms with Crippen molar-refractivity contribution in [3.8, 4) is 0 Å². The Kier molecular flexibility index (Phi) is 4.58. The molecule has 2 rings (SSSR count). The SMILES string of the molecule is BrC(Br)=C[C@H]1O[C@@H]1COCc1ccccc1. The molecule has 4 heteroatoms. The predicted octanol–water partition coefficient (Wildman–Crippen LogP) is 3.60. The number of hydrogen-bond donors (Lipinski definition) is 0. The Bertz CT molecular complexity index is 361. The molecule has 16 heavy (non-hydrogen) atoms. The fraction of sp³-hybridized carbons (Fsp3) is 0.333. The van der Waals surface area contributed by atoms with Crippen molar-refractivity contribution in [1.29, 1.82) is 0 Å². The Labute approximate surface area is 112 Å². The Hall–Kier alpha value is -0.160. The maximum Gasteiger partial charge on any atom is 0.112 e. The van der Waals surface area contributed by atoms with Gasteiger partial charge in [-0.2, -0.15) is 0 Å². The van der Waals surface area contributed by atoms with Crippen LogP contribution in [0.2, 0.25) is 0 Å². The molecule has 0 N–H and O–H groups in total. The highest BCUT2D eigenvalue weighted by Crippen LogP contribution is 2.28. The van der Waals surface area contributed by atoms with Crippen LogP contribution in [-0.4, -0.2) is 18.8 Å². The second-order valence-corrected chi connectivity index (χ2v) is 6.37. The Morgan fingerprint density at radius 3 is 2.75 bits per heavy atom. The summed E-state index contributed by atoms with van der Waals surface area (Å²) in [6, 6.07) is 10.1. The van der Waals surface area contributed by atoms with Gasteiger partial charge in [-0.3, -0.25) is 0 Å². The van der Waals surface area contributed by atoms with E-state index in [-0.39, 0.29) is 12.2 Å². The van der Waals surface area contributed by atoms with E-state index in [0.29, 0.717) is 13.2 Å². The molecule has 86 valence electrons. The van der Waals surface area contributed by atoms with Crippen molar-refractivity contribution >= 4 is 31.9 Å².